The molecule has 2 aromatic rings. The number of benzene rings is 1. The van der Waals surface area contributed by atoms with Crippen molar-refractivity contribution in [3.05, 3.63) is 59.5 Å². The molecule has 1 unspecified atom stereocenters. The van der Waals surface area contributed by atoms with Crippen molar-refractivity contribution in [1.29, 1.82) is 0 Å². The largest absolute Gasteiger partial charge is 0.456 e. The first-order valence-corrected chi connectivity index (χ1v) is 7.15. The van der Waals surface area contributed by atoms with Crippen molar-refractivity contribution in [1.82, 2.24) is 5.32 Å². The van der Waals surface area contributed by atoms with Gasteiger partial charge < -0.3 is 9.73 Å². The molecule has 0 fully saturated rings. The Labute approximate surface area is 123 Å². The summed E-state index contributed by atoms with van der Waals surface area (Å²) in [6.07, 6.45) is 0.763. The minimum atomic E-state index is -0.626. The maximum atomic E-state index is 12.3. The van der Waals surface area contributed by atoms with Crippen molar-refractivity contribution in [3.8, 4) is 0 Å². The SMILES string of the molecule is CCc1ccc(C(=O)NC(C)(CCl)c2ccccc2)o1. The molecule has 0 saturated heterocycles. The predicted molar refractivity (Wildman–Crippen MR) is 80.1 cm³/mol. The zero-order valence-corrected chi connectivity index (χ0v) is 12.4. The number of nitrogens with one attached hydrogen (secondary N) is 1. The lowest BCUT2D eigenvalue weighted by Gasteiger charge is -2.28. The average molecular weight is 292 g/mol. The fraction of sp³-hybridized carbons (Fsp3) is 0.312. The first-order chi connectivity index (χ1) is 9.59. The van der Waals surface area contributed by atoms with Gasteiger partial charge in [-0.1, -0.05) is 37.3 Å². The Morgan fingerprint density at radius 1 is 1.25 bits per heavy atom. The summed E-state index contributed by atoms with van der Waals surface area (Å²) in [4.78, 5) is 12.3. The smallest absolute Gasteiger partial charge is 0.287 e. The molecule has 20 heavy (non-hydrogen) atoms. The molecule has 3 nitrogen and oxygen atoms in total. The highest BCUT2D eigenvalue weighted by Crippen LogP contribution is 2.23. The number of hydrogen-bond acceptors (Lipinski definition) is 2. The Morgan fingerprint density at radius 2 is 1.95 bits per heavy atom. The number of halogens is 1. The molecular formula is C16H18ClNO2. The molecule has 4 heteroatoms. The minimum absolute atomic E-state index is 0.253. The molecular weight excluding hydrogens is 274 g/mol. The summed E-state index contributed by atoms with van der Waals surface area (Å²) in [6, 6.07) is 13.2. The molecule has 0 saturated carbocycles. The lowest BCUT2D eigenvalue weighted by atomic mass is 9.94. The first kappa shape index (κ1) is 14.7. The van der Waals surface area contributed by atoms with E-state index in [0.29, 0.717) is 5.76 Å². The van der Waals surface area contributed by atoms with Crippen molar-refractivity contribution < 1.29 is 9.21 Å². The summed E-state index contributed by atoms with van der Waals surface area (Å²) in [6.45, 7) is 3.88. The molecule has 2 rings (SSSR count). The highest BCUT2D eigenvalue weighted by Gasteiger charge is 2.28. The number of amides is 1. The molecule has 0 bridgehead atoms. The van der Waals surface area contributed by atoms with Crippen LogP contribution in [0.2, 0.25) is 0 Å². The van der Waals surface area contributed by atoms with Crippen LogP contribution in [0, 0.1) is 0 Å². The van der Waals surface area contributed by atoms with Gasteiger partial charge >= 0.3 is 0 Å². The van der Waals surface area contributed by atoms with Gasteiger partial charge in [0.15, 0.2) is 5.76 Å². The number of hydrogen-bond donors (Lipinski definition) is 1. The number of rotatable bonds is 5. The van der Waals surface area contributed by atoms with Gasteiger partial charge in [0, 0.05) is 12.3 Å². The molecule has 0 spiro atoms. The summed E-state index contributed by atoms with van der Waals surface area (Å²) in [5.41, 5.74) is 0.338. The fourth-order valence-corrected chi connectivity index (χ4v) is 2.21. The monoisotopic (exact) mass is 291 g/mol. The Hall–Kier alpha value is -1.74. The molecule has 1 amide bonds. The summed E-state index contributed by atoms with van der Waals surface area (Å²) in [7, 11) is 0. The number of carbonyl (C=O) groups excluding carboxylic acids is 1. The van der Waals surface area contributed by atoms with Crippen LogP contribution in [0.5, 0.6) is 0 Å². The quantitative estimate of drug-likeness (QED) is 0.853. The van der Waals surface area contributed by atoms with Crippen LogP contribution in [0.1, 0.15) is 35.7 Å². The third kappa shape index (κ3) is 3.05. The highest BCUT2D eigenvalue weighted by molar-refractivity contribution is 6.18. The zero-order chi connectivity index (χ0) is 14.6. The maximum Gasteiger partial charge on any atom is 0.287 e. The van der Waals surface area contributed by atoms with E-state index < -0.39 is 5.54 Å². The fourth-order valence-electron chi connectivity index (χ4n) is 1.99. The van der Waals surface area contributed by atoms with E-state index in [1.165, 1.54) is 0 Å². The van der Waals surface area contributed by atoms with Gasteiger partial charge in [0.25, 0.3) is 5.91 Å². The average Bonchev–Trinajstić information content (AvgIpc) is 2.97. The topological polar surface area (TPSA) is 42.2 Å². The molecule has 0 aliphatic carbocycles. The van der Waals surface area contributed by atoms with Crippen LogP contribution in [-0.2, 0) is 12.0 Å². The third-order valence-electron chi connectivity index (χ3n) is 3.30. The van der Waals surface area contributed by atoms with Gasteiger partial charge in [0.05, 0.1) is 5.54 Å². The normalized spacial score (nSPS) is 13.8. The van der Waals surface area contributed by atoms with Crippen molar-refractivity contribution in [2.75, 3.05) is 5.88 Å². The van der Waals surface area contributed by atoms with Gasteiger partial charge in [-0.3, -0.25) is 4.79 Å². The van der Waals surface area contributed by atoms with Crippen molar-refractivity contribution in [2.24, 2.45) is 0 Å². The van der Waals surface area contributed by atoms with Crippen LogP contribution in [-0.4, -0.2) is 11.8 Å². The molecule has 0 aliphatic heterocycles. The van der Waals surface area contributed by atoms with E-state index in [1.54, 1.807) is 6.07 Å². The maximum absolute atomic E-state index is 12.3. The van der Waals surface area contributed by atoms with Gasteiger partial charge in [-0.2, -0.15) is 0 Å². The van der Waals surface area contributed by atoms with Crippen LogP contribution >= 0.6 is 11.6 Å². The third-order valence-corrected chi connectivity index (χ3v) is 3.84. The minimum Gasteiger partial charge on any atom is -0.456 e. The molecule has 0 radical (unpaired) electrons. The van der Waals surface area contributed by atoms with Crippen LogP contribution in [0.3, 0.4) is 0 Å². The number of carbonyl (C=O) groups is 1. The van der Waals surface area contributed by atoms with E-state index in [1.807, 2.05) is 50.2 Å². The molecule has 0 aliphatic rings. The van der Waals surface area contributed by atoms with Crippen molar-refractivity contribution in [2.45, 2.75) is 25.8 Å². The summed E-state index contributed by atoms with van der Waals surface area (Å²) >= 11 is 6.06. The Morgan fingerprint density at radius 3 is 2.50 bits per heavy atom. The number of furan rings is 1. The molecule has 1 heterocycles. The molecule has 1 atom stereocenters. The lowest BCUT2D eigenvalue weighted by Crippen LogP contribution is -2.44. The van der Waals surface area contributed by atoms with Gasteiger partial charge in [0.2, 0.25) is 0 Å². The molecule has 1 aromatic heterocycles. The van der Waals surface area contributed by atoms with E-state index >= 15 is 0 Å². The highest BCUT2D eigenvalue weighted by atomic mass is 35.5. The van der Waals surface area contributed by atoms with Gasteiger partial charge in [0.1, 0.15) is 5.76 Å². The predicted octanol–water partition coefficient (Wildman–Crippen LogP) is 3.73. The number of aryl methyl sites for hydroxylation is 1. The molecule has 1 aromatic carbocycles. The van der Waals surface area contributed by atoms with E-state index in [2.05, 4.69) is 5.32 Å². The molecule has 106 valence electrons. The number of alkyl halides is 1. The van der Waals surface area contributed by atoms with Gasteiger partial charge in [-0.15, -0.1) is 11.6 Å². The second-order valence-electron chi connectivity index (χ2n) is 4.91. The van der Waals surface area contributed by atoms with Crippen molar-refractivity contribution in [3.63, 3.8) is 0 Å². The van der Waals surface area contributed by atoms with Crippen LogP contribution in [0.25, 0.3) is 0 Å². The lowest BCUT2D eigenvalue weighted by molar-refractivity contribution is 0.0883. The zero-order valence-electron chi connectivity index (χ0n) is 11.7. The van der Waals surface area contributed by atoms with E-state index in [-0.39, 0.29) is 11.8 Å². The van der Waals surface area contributed by atoms with E-state index in [0.717, 1.165) is 17.7 Å². The Kier molecular flexibility index (Phi) is 4.50. The van der Waals surface area contributed by atoms with Gasteiger partial charge in [-0.05, 0) is 24.6 Å². The van der Waals surface area contributed by atoms with Crippen LogP contribution in [0.15, 0.2) is 46.9 Å². The summed E-state index contributed by atoms with van der Waals surface area (Å²) in [5, 5.41) is 2.95. The van der Waals surface area contributed by atoms with Crippen LogP contribution < -0.4 is 5.32 Å². The van der Waals surface area contributed by atoms with E-state index in [4.69, 9.17) is 16.0 Å². The van der Waals surface area contributed by atoms with Gasteiger partial charge in [-0.25, -0.2) is 0 Å². The summed E-state index contributed by atoms with van der Waals surface area (Å²) < 4.78 is 5.47. The first-order valence-electron chi connectivity index (χ1n) is 6.62. The van der Waals surface area contributed by atoms with Crippen molar-refractivity contribution >= 4 is 17.5 Å². The molecule has 1 N–H and O–H groups in total. The second kappa shape index (κ2) is 6.14. The standard InChI is InChI=1S/C16H18ClNO2/c1-3-13-9-10-14(20-13)15(19)18-16(2,11-17)12-7-5-4-6-8-12/h4-10H,3,11H2,1-2H3,(H,18,19). The summed E-state index contributed by atoms with van der Waals surface area (Å²) in [5.74, 6) is 1.14. The van der Waals surface area contributed by atoms with E-state index in [9.17, 15) is 4.79 Å². The van der Waals surface area contributed by atoms with Crippen LogP contribution in [0.4, 0.5) is 0 Å². The second-order valence-corrected chi connectivity index (χ2v) is 5.17. The Bertz CT molecular complexity index is 579. The Balaban J connectivity index is 2.19.